The summed E-state index contributed by atoms with van der Waals surface area (Å²) in [4.78, 5) is 26.6. The van der Waals surface area contributed by atoms with Gasteiger partial charge in [-0.1, -0.05) is 42.5 Å². The standard InChI is InChI=1S/C18H15NO4/c1-22-14-11-7-6-10-13(14)19-17(20)15(16(23-2)18(19)21)12-8-4-3-5-9-12/h3-11H,1-2H3. The van der Waals surface area contributed by atoms with E-state index in [-0.39, 0.29) is 11.3 Å². The fraction of sp³-hybridized carbons (Fsp3) is 0.111. The second-order valence-corrected chi connectivity index (χ2v) is 4.89. The molecule has 5 heteroatoms. The number of hydrogen-bond acceptors (Lipinski definition) is 4. The molecule has 0 spiro atoms. The van der Waals surface area contributed by atoms with Crippen LogP contribution in [0.25, 0.3) is 5.57 Å². The van der Waals surface area contributed by atoms with Gasteiger partial charge in [0.1, 0.15) is 5.75 Å². The third kappa shape index (κ3) is 2.36. The molecular weight excluding hydrogens is 294 g/mol. The Labute approximate surface area is 133 Å². The molecule has 23 heavy (non-hydrogen) atoms. The Morgan fingerprint density at radius 3 is 2.09 bits per heavy atom. The number of hydrogen-bond donors (Lipinski definition) is 0. The zero-order valence-electron chi connectivity index (χ0n) is 12.8. The first-order chi connectivity index (χ1) is 11.2. The van der Waals surface area contributed by atoms with Gasteiger partial charge in [0, 0.05) is 0 Å². The van der Waals surface area contributed by atoms with Crippen LogP contribution in [0.2, 0.25) is 0 Å². The number of methoxy groups -OCH3 is 2. The molecule has 3 rings (SSSR count). The normalized spacial score (nSPS) is 14.4. The van der Waals surface area contributed by atoms with E-state index in [2.05, 4.69) is 0 Å². The molecule has 0 saturated heterocycles. The largest absolute Gasteiger partial charge is 0.495 e. The van der Waals surface area contributed by atoms with E-state index >= 15 is 0 Å². The highest BCUT2D eigenvalue weighted by Crippen LogP contribution is 2.37. The van der Waals surface area contributed by atoms with Crippen LogP contribution >= 0.6 is 0 Å². The van der Waals surface area contributed by atoms with Crippen molar-refractivity contribution in [2.24, 2.45) is 0 Å². The van der Waals surface area contributed by atoms with Crippen LogP contribution in [-0.4, -0.2) is 26.0 Å². The Morgan fingerprint density at radius 2 is 1.43 bits per heavy atom. The van der Waals surface area contributed by atoms with Gasteiger partial charge in [0.15, 0.2) is 5.76 Å². The third-order valence-electron chi connectivity index (χ3n) is 3.63. The molecule has 1 aliphatic heterocycles. The van der Waals surface area contributed by atoms with Crippen molar-refractivity contribution < 1.29 is 19.1 Å². The number of carbonyl (C=O) groups is 2. The van der Waals surface area contributed by atoms with Gasteiger partial charge in [0.2, 0.25) is 0 Å². The average Bonchev–Trinajstić information content (AvgIpc) is 2.85. The lowest BCUT2D eigenvalue weighted by Crippen LogP contribution is -2.32. The van der Waals surface area contributed by atoms with Gasteiger partial charge in [-0.3, -0.25) is 9.59 Å². The quantitative estimate of drug-likeness (QED) is 0.815. The summed E-state index contributed by atoms with van der Waals surface area (Å²) in [5.41, 5.74) is 1.29. The van der Waals surface area contributed by atoms with E-state index in [1.807, 2.05) is 6.07 Å². The lowest BCUT2D eigenvalue weighted by molar-refractivity contribution is -0.121. The molecule has 0 radical (unpaired) electrons. The number of anilines is 1. The summed E-state index contributed by atoms with van der Waals surface area (Å²) in [5.74, 6) is -0.450. The molecule has 0 aromatic heterocycles. The van der Waals surface area contributed by atoms with Crippen LogP contribution in [0.4, 0.5) is 5.69 Å². The zero-order valence-corrected chi connectivity index (χ0v) is 12.8. The van der Waals surface area contributed by atoms with Crippen molar-refractivity contribution in [1.82, 2.24) is 0 Å². The maximum Gasteiger partial charge on any atom is 0.301 e. The summed E-state index contributed by atoms with van der Waals surface area (Å²) in [5, 5.41) is 0. The van der Waals surface area contributed by atoms with Gasteiger partial charge >= 0.3 is 5.91 Å². The number of ether oxygens (including phenoxy) is 2. The average molecular weight is 309 g/mol. The predicted octanol–water partition coefficient (Wildman–Crippen LogP) is 2.63. The molecular formula is C18H15NO4. The molecule has 0 atom stereocenters. The Bertz CT molecular complexity index is 796. The van der Waals surface area contributed by atoms with E-state index in [1.54, 1.807) is 48.5 Å². The minimum Gasteiger partial charge on any atom is -0.495 e. The minimum absolute atomic E-state index is 0.0344. The predicted molar refractivity (Wildman–Crippen MR) is 85.9 cm³/mol. The molecule has 0 bridgehead atoms. The molecule has 2 amide bonds. The van der Waals surface area contributed by atoms with Crippen LogP contribution in [0.3, 0.4) is 0 Å². The van der Waals surface area contributed by atoms with Crippen molar-refractivity contribution in [3.05, 3.63) is 65.9 Å². The van der Waals surface area contributed by atoms with E-state index in [0.717, 1.165) is 4.90 Å². The van der Waals surface area contributed by atoms with E-state index in [1.165, 1.54) is 14.2 Å². The van der Waals surface area contributed by atoms with Gasteiger partial charge < -0.3 is 9.47 Å². The Hall–Kier alpha value is -3.08. The molecule has 0 N–H and O–H groups in total. The first-order valence-corrected chi connectivity index (χ1v) is 7.04. The van der Waals surface area contributed by atoms with Crippen molar-refractivity contribution >= 4 is 23.1 Å². The molecule has 116 valence electrons. The second-order valence-electron chi connectivity index (χ2n) is 4.89. The number of carbonyl (C=O) groups excluding carboxylic acids is 2. The molecule has 1 aliphatic rings. The highest BCUT2D eigenvalue weighted by molar-refractivity contribution is 6.45. The summed E-state index contributed by atoms with van der Waals surface area (Å²) in [6.45, 7) is 0. The number of rotatable bonds is 4. The van der Waals surface area contributed by atoms with Crippen molar-refractivity contribution in [3.63, 3.8) is 0 Å². The highest BCUT2D eigenvalue weighted by atomic mass is 16.5. The summed E-state index contributed by atoms with van der Waals surface area (Å²) in [6, 6.07) is 15.9. The van der Waals surface area contributed by atoms with Gasteiger partial charge in [-0.25, -0.2) is 4.90 Å². The van der Waals surface area contributed by atoms with Gasteiger partial charge in [0.05, 0.1) is 25.5 Å². The fourth-order valence-electron chi connectivity index (χ4n) is 2.59. The van der Waals surface area contributed by atoms with Gasteiger partial charge in [-0.15, -0.1) is 0 Å². The smallest absolute Gasteiger partial charge is 0.301 e. The number of para-hydroxylation sites is 2. The highest BCUT2D eigenvalue weighted by Gasteiger charge is 2.42. The lowest BCUT2D eigenvalue weighted by atomic mass is 10.1. The fourth-order valence-corrected chi connectivity index (χ4v) is 2.59. The van der Waals surface area contributed by atoms with Crippen LogP contribution in [0.15, 0.2) is 60.4 Å². The molecule has 5 nitrogen and oxygen atoms in total. The van der Waals surface area contributed by atoms with Crippen LogP contribution in [0.5, 0.6) is 5.75 Å². The first kappa shape index (κ1) is 14.8. The SMILES string of the molecule is COC1=C(c2ccccc2)C(=O)N(c2ccccc2OC)C1=O. The van der Waals surface area contributed by atoms with Gasteiger partial charge in [-0.05, 0) is 17.7 Å². The van der Waals surface area contributed by atoms with E-state index in [4.69, 9.17) is 9.47 Å². The van der Waals surface area contributed by atoms with Crippen LogP contribution in [0.1, 0.15) is 5.56 Å². The Morgan fingerprint density at radius 1 is 0.783 bits per heavy atom. The topological polar surface area (TPSA) is 55.8 Å². The first-order valence-electron chi connectivity index (χ1n) is 7.04. The van der Waals surface area contributed by atoms with E-state index < -0.39 is 11.8 Å². The number of nitrogens with zero attached hydrogens (tertiary/aromatic N) is 1. The third-order valence-corrected chi connectivity index (χ3v) is 3.63. The van der Waals surface area contributed by atoms with Crippen molar-refractivity contribution in [1.29, 1.82) is 0 Å². The van der Waals surface area contributed by atoms with Crippen LogP contribution < -0.4 is 9.64 Å². The zero-order chi connectivity index (χ0) is 16.4. The van der Waals surface area contributed by atoms with E-state index in [9.17, 15) is 9.59 Å². The molecule has 0 unspecified atom stereocenters. The number of benzene rings is 2. The minimum atomic E-state index is -0.499. The lowest BCUT2D eigenvalue weighted by Gasteiger charge is -2.17. The summed E-state index contributed by atoms with van der Waals surface area (Å²) in [7, 11) is 2.88. The van der Waals surface area contributed by atoms with Crippen LogP contribution in [-0.2, 0) is 14.3 Å². The molecule has 2 aromatic carbocycles. The van der Waals surface area contributed by atoms with Gasteiger partial charge in [-0.2, -0.15) is 0 Å². The van der Waals surface area contributed by atoms with Crippen molar-refractivity contribution in [3.8, 4) is 5.75 Å². The molecule has 0 aliphatic carbocycles. The van der Waals surface area contributed by atoms with Gasteiger partial charge in [0.25, 0.3) is 5.91 Å². The van der Waals surface area contributed by atoms with E-state index in [0.29, 0.717) is 17.0 Å². The van der Waals surface area contributed by atoms with Crippen molar-refractivity contribution in [2.45, 2.75) is 0 Å². The maximum absolute atomic E-state index is 12.9. The monoisotopic (exact) mass is 309 g/mol. The Balaban J connectivity index is 2.12. The Kier molecular flexibility index (Phi) is 3.85. The molecule has 2 aromatic rings. The number of amides is 2. The number of imide groups is 1. The summed E-state index contributed by atoms with van der Waals surface area (Å²) in [6.07, 6.45) is 0. The molecule has 0 saturated carbocycles. The summed E-state index contributed by atoms with van der Waals surface area (Å²) >= 11 is 0. The second kappa shape index (κ2) is 5.96. The molecule has 0 fully saturated rings. The molecule has 1 heterocycles. The maximum atomic E-state index is 12.9. The summed E-state index contributed by atoms with van der Waals surface area (Å²) < 4.78 is 10.5. The van der Waals surface area contributed by atoms with Crippen LogP contribution in [0, 0.1) is 0 Å². The van der Waals surface area contributed by atoms with Crippen molar-refractivity contribution in [2.75, 3.05) is 19.1 Å².